The fourth-order valence-corrected chi connectivity index (χ4v) is 5.91. The molecule has 5 nitrogen and oxygen atoms in total. The number of nitrogens with one attached hydrogen (secondary N) is 1. The van der Waals surface area contributed by atoms with Crippen molar-refractivity contribution >= 4 is 5.91 Å². The van der Waals surface area contributed by atoms with Crippen LogP contribution in [-0.4, -0.2) is 46.1 Å². The molecule has 0 saturated carbocycles. The summed E-state index contributed by atoms with van der Waals surface area (Å²) in [5.74, 6) is -0.514. The van der Waals surface area contributed by atoms with E-state index >= 15 is 0 Å². The van der Waals surface area contributed by atoms with Crippen LogP contribution in [0.15, 0.2) is 24.3 Å². The molecule has 45 heavy (non-hydrogen) atoms. The van der Waals surface area contributed by atoms with Gasteiger partial charge in [0.1, 0.15) is 6.10 Å². The minimum atomic E-state index is -1.10. The zero-order valence-electron chi connectivity index (χ0n) is 30.0. The van der Waals surface area contributed by atoms with E-state index in [0.717, 1.165) is 38.5 Å². The van der Waals surface area contributed by atoms with Crippen molar-refractivity contribution in [3.8, 4) is 0 Å². The molecule has 3 atom stereocenters. The first-order valence-electron chi connectivity index (χ1n) is 19.7. The molecule has 0 bridgehead atoms. The standard InChI is InChI=1S/C40H77NO4/c1-3-5-7-9-11-13-15-16-17-18-19-20-21-22-23-25-26-28-30-32-34-38(43)37(36-42)41-40(45)39(44)35-33-31-29-27-24-14-12-10-8-6-4-2/h25-26,32,34,37-39,42-44H,3-24,27-31,33,35-36H2,1-2H3,(H,41,45)/b26-25+,34-32+. The molecule has 266 valence electrons. The second kappa shape index (κ2) is 35.7. The first-order valence-corrected chi connectivity index (χ1v) is 19.7. The third-order valence-corrected chi connectivity index (χ3v) is 9.04. The van der Waals surface area contributed by atoms with Gasteiger partial charge in [-0.2, -0.15) is 0 Å². The number of carbonyl (C=O) groups is 1. The Morgan fingerprint density at radius 3 is 1.36 bits per heavy atom. The molecule has 0 rings (SSSR count). The number of aliphatic hydroxyl groups excluding tert-OH is 3. The van der Waals surface area contributed by atoms with Crippen molar-refractivity contribution in [3.63, 3.8) is 0 Å². The Bertz CT molecular complexity index is 665. The summed E-state index contributed by atoms with van der Waals surface area (Å²) in [7, 11) is 0. The lowest BCUT2D eigenvalue weighted by Crippen LogP contribution is -2.48. The van der Waals surface area contributed by atoms with Gasteiger partial charge in [-0.15, -0.1) is 0 Å². The summed E-state index contributed by atoms with van der Waals surface area (Å²) >= 11 is 0. The van der Waals surface area contributed by atoms with Gasteiger partial charge in [-0.3, -0.25) is 4.79 Å². The Balaban J connectivity index is 3.73. The summed E-state index contributed by atoms with van der Waals surface area (Å²) in [4.78, 5) is 12.4. The fraction of sp³-hybridized carbons (Fsp3) is 0.875. The molecule has 0 radical (unpaired) electrons. The van der Waals surface area contributed by atoms with Crippen molar-refractivity contribution < 1.29 is 20.1 Å². The largest absolute Gasteiger partial charge is 0.394 e. The van der Waals surface area contributed by atoms with Crippen molar-refractivity contribution in [1.82, 2.24) is 5.32 Å². The predicted molar refractivity (Wildman–Crippen MR) is 195 cm³/mol. The molecular formula is C40H77NO4. The third-order valence-electron chi connectivity index (χ3n) is 9.04. The van der Waals surface area contributed by atoms with Crippen molar-refractivity contribution in [2.75, 3.05) is 6.61 Å². The Kier molecular flexibility index (Phi) is 34.8. The molecule has 5 heteroatoms. The maximum Gasteiger partial charge on any atom is 0.249 e. The number of carbonyl (C=O) groups excluding carboxylic acids is 1. The number of rotatable bonds is 35. The lowest BCUT2D eigenvalue weighted by Gasteiger charge is -2.21. The monoisotopic (exact) mass is 636 g/mol. The lowest BCUT2D eigenvalue weighted by atomic mass is 10.0. The van der Waals surface area contributed by atoms with E-state index in [1.165, 1.54) is 141 Å². The first-order chi connectivity index (χ1) is 22.1. The number of amides is 1. The predicted octanol–water partition coefficient (Wildman–Crippen LogP) is 10.7. The van der Waals surface area contributed by atoms with E-state index in [-0.39, 0.29) is 6.61 Å². The highest BCUT2D eigenvalue weighted by molar-refractivity contribution is 5.80. The van der Waals surface area contributed by atoms with E-state index in [9.17, 15) is 20.1 Å². The molecule has 1 amide bonds. The molecule has 0 aromatic carbocycles. The zero-order valence-corrected chi connectivity index (χ0v) is 30.0. The normalized spacial score (nSPS) is 14.0. The van der Waals surface area contributed by atoms with Crippen molar-refractivity contribution in [2.45, 2.75) is 218 Å². The fourth-order valence-electron chi connectivity index (χ4n) is 5.91. The molecule has 3 unspecified atom stereocenters. The maximum absolute atomic E-state index is 12.4. The average Bonchev–Trinajstić information content (AvgIpc) is 3.04. The van der Waals surface area contributed by atoms with E-state index in [1.807, 2.05) is 6.08 Å². The van der Waals surface area contributed by atoms with Gasteiger partial charge in [0.25, 0.3) is 0 Å². The van der Waals surface area contributed by atoms with Crippen LogP contribution in [0, 0.1) is 0 Å². The summed E-state index contributed by atoms with van der Waals surface area (Å²) in [6.07, 6.45) is 42.0. The van der Waals surface area contributed by atoms with E-state index < -0.39 is 24.2 Å². The molecule has 4 N–H and O–H groups in total. The summed E-state index contributed by atoms with van der Waals surface area (Å²) in [5.41, 5.74) is 0. The van der Waals surface area contributed by atoms with Gasteiger partial charge in [0.15, 0.2) is 0 Å². The van der Waals surface area contributed by atoms with Gasteiger partial charge in [0, 0.05) is 0 Å². The highest BCUT2D eigenvalue weighted by Crippen LogP contribution is 2.15. The van der Waals surface area contributed by atoms with Crippen molar-refractivity contribution in [2.24, 2.45) is 0 Å². The van der Waals surface area contributed by atoms with Gasteiger partial charge in [0.05, 0.1) is 18.8 Å². The van der Waals surface area contributed by atoms with Crippen LogP contribution in [0.1, 0.15) is 200 Å². The van der Waals surface area contributed by atoms with Gasteiger partial charge in [0.2, 0.25) is 5.91 Å². The van der Waals surface area contributed by atoms with Gasteiger partial charge in [-0.05, 0) is 32.1 Å². The quantitative estimate of drug-likeness (QED) is 0.0412. The van der Waals surface area contributed by atoms with E-state index in [2.05, 4.69) is 31.3 Å². The van der Waals surface area contributed by atoms with Gasteiger partial charge >= 0.3 is 0 Å². The molecule has 0 aromatic heterocycles. The van der Waals surface area contributed by atoms with Crippen LogP contribution in [0.25, 0.3) is 0 Å². The number of hydrogen-bond acceptors (Lipinski definition) is 4. The summed E-state index contributed by atoms with van der Waals surface area (Å²) in [6.45, 7) is 4.15. The highest BCUT2D eigenvalue weighted by Gasteiger charge is 2.22. The SMILES string of the molecule is CCCCCCCCCCCCCCCC/C=C/CC/C=C/C(O)C(CO)NC(=O)C(O)CCCCCCCCCCCCC. The number of unbranched alkanes of at least 4 members (excludes halogenated alkanes) is 25. The van der Waals surface area contributed by atoms with Crippen molar-refractivity contribution in [1.29, 1.82) is 0 Å². The van der Waals surface area contributed by atoms with E-state index in [0.29, 0.717) is 6.42 Å². The third kappa shape index (κ3) is 31.2. The Hall–Kier alpha value is -1.17. The molecule has 0 aliphatic rings. The molecular weight excluding hydrogens is 558 g/mol. The Morgan fingerprint density at radius 2 is 0.911 bits per heavy atom. The molecule has 0 fully saturated rings. The van der Waals surface area contributed by atoms with Crippen LogP contribution in [0.3, 0.4) is 0 Å². The van der Waals surface area contributed by atoms with E-state index in [4.69, 9.17) is 0 Å². The minimum Gasteiger partial charge on any atom is -0.394 e. The smallest absolute Gasteiger partial charge is 0.249 e. The lowest BCUT2D eigenvalue weighted by molar-refractivity contribution is -0.131. The second-order valence-corrected chi connectivity index (χ2v) is 13.5. The van der Waals surface area contributed by atoms with Gasteiger partial charge in [-0.1, -0.05) is 192 Å². The summed E-state index contributed by atoms with van der Waals surface area (Å²) in [5, 5.41) is 32.9. The van der Waals surface area contributed by atoms with Crippen LogP contribution < -0.4 is 5.32 Å². The summed E-state index contributed by atoms with van der Waals surface area (Å²) < 4.78 is 0. The number of allylic oxidation sites excluding steroid dienone is 3. The van der Waals surface area contributed by atoms with Crippen LogP contribution in [0.4, 0.5) is 0 Å². The van der Waals surface area contributed by atoms with Gasteiger partial charge < -0.3 is 20.6 Å². The molecule has 0 heterocycles. The Labute approximate surface area is 280 Å². The minimum absolute atomic E-state index is 0.374. The molecule has 0 saturated heterocycles. The summed E-state index contributed by atoms with van der Waals surface area (Å²) in [6, 6.07) is -0.809. The number of aliphatic hydroxyl groups is 3. The van der Waals surface area contributed by atoms with Crippen LogP contribution in [0.2, 0.25) is 0 Å². The highest BCUT2D eigenvalue weighted by atomic mass is 16.3. The molecule has 0 aliphatic heterocycles. The molecule has 0 aliphatic carbocycles. The van der Waals surface area contributed by atoms with Crippen LogP contribution in [-0.2, 0) is 4.79 Å². The second-order valence-electron chi connectivity index (χ2n) is 13.5. The van der Waals surface area contributed by atoms with Gasteiger partial charge in [-0.25, -0.2) is 0 Å². The Morgan fingerprint density at radius 1 is 0.533 bits per heavy atom. The molecule has 0 aromatic rings. The molecule has 0 spiro atoms. The topological polar surface area (TPSA) is 89.8 Å². The van der Waals surface area contributed by atoms with E-state index in [1.54, 1.807) is 6.08 Å². The number of hydrogen-bond donors (Lipinski definition) is 4. The van der Waals surface area contributed by atoms with Crippen molar-refractivity contribution in [3.05, 3.63) is 24.3 Å². The first kappa shape index (κ1) is 43.8. The van der Waals surface area contributed by atoms with Crippen LogP contribution >= 0.6 is 0 Å². The maximum atomic E-state index is 12.4. The van der Waals surface area contributed by atoms with Crippen LogP contribution in [0.5, 0.6) is 0 Å². The zero-order chi connectivity index (χ0) is 33.1. The average molecular weight is 636 g/mol.